The van der Waals surface area contributed by atoms with E-state index < -0.39 is 22.2 Å². The summed E-state index contributed by atoms with van der Waals surface area (Å²) in [5.74, 6) is -1.77. The first-order chi connectivity index (χ1) is 10.4. The zero-order valence-electron chi connectivity index (χ0n) is 10.9. The summed E-state index contributed by atoms with van der Waals surface area (Å²) in [4.78, 5) is 24.2. The molecule has 8 nitrogen and oxygen atoms in total. The largest absolute Gasteiger partial charge is 0.368 e. The summed E-state index contributed by atoms with van der Waals surface area (Å²) < 4.78 is 27.7. The van der Waals surface area contributed by atoms with Crippen LogP contribution in [0, 0.1) is 21.7 Å². The molecule has 0 saturated carbocycles. The highest BCUT2D eigenvalue weighted by Gasteiger charge is 2.18. The number of H-pyrrole nitrogens is 1. The third-order valence-electron chi connectivity index (χ3n) is 2.99. The highest BCUT2D eigenvalue weighted by atomic mass is 19.1. The molecule has 2 heterocycles. The predicted octanol–water partition coefficient (Wildman–Crippen LogP) is 1.71. The quantitative estimate of drug-likeness (QED) is 0.560. The lowest BCUT2D eigenvalue weighted by Gasteiger charge is -2.03. The van der Waals surface area contributed by atoms with Crippen LogP contribution in [-0.4, -0.2) is 24.9 Å². The number of non-ortho nitro benzene ring substituents is 1. The van der Waals surface area contributed by atoms with Crippen molar-refractivity contribution in [3.63, 3.8) is 0 Å². The molecule has 0 saturated heterocycles. The highest BCUT2D eigenvalue weighted by Crippen LogP contribution is 2.23. The molecule has 0 aliphatic rings. The molecule has 0 amide bonds. The second-order valence-corrected chi connectivity index (χ2v) is 4.47. The number of aromatic amines is 1. The molecule has 112 valence electrons. The first-order valence-electron chi connectivity index (χ1n) is 6.03. The predicted molar refractivity (Wildman–Crippen MR) is 71.9 cm³/mol. The van der Waals surface area contributed by atoms with Gasteiger partial charge >= 0.3 is 0 Å². The fourth-order valence-electron chi connectivity index (χ4n) is 1.99. The topological polar surface area (TPSA) is 124 Å². The van der Waals surface area contributed by atoms with Crippen LogP contribution in [0.25, 0.3) is 11.2 Å². The summed E-state index contributed by atoms with van der Waals surface area (Å²) in [5.41, 5.74) is 5.17. The number of nitrogen functional groups attached to an aromatic ring is 1. The molecule has 3 aromatic rings. The van der Waals surface area contributed by atoms with Gasteiger partial charge in [-0.3, -0.25) is 10.1 Å². The second kappa shape index (κ2) is 4.98. The Morgan fingerprint density at radius 3 is 2.59 bits per heavy atom. The summed E-state index contributed by atoms with van der Waals surface area (Å²) >= 11 is 0. The second-order valence-electron chi connectivity index (χ2n) is 4.47. The standard InChI is InChI=1S/C12H8F2N6O2/c13-7-1-5(20(21)22)2-8(14)6(7)3-10-17-9-4-16-12(15)19-11(9)18-10/h1-2,4H,3H2,(H3,15,16,17,18,19). The number of anilines is 1. The zero-order valence-corrected chi connectivity index (χ0v) is 10.9. The van der Waals surface area contributed by atoms with Crippen molar-refractivity contribution in [2.45, 2.75) is 6.42 Å². The fourth-order valence-corrected chi connectivity index (χ4v) is 1.99. The monoisotopic (exact) mass is 306 g/mol. The van der Waals surface area contributed by atoms with E-state index in [4.69, 9.17) is 5.73 Å². The van der Waals surface area contributed by atoms with Gasteiger partial charge in [0.1, 0.15) is 23.0 Å². The van der Waals surface area contributed by atoms with Crippen LogP contribution in [0.2, 0.25) is 0 Å². The maximum Gasteiger partial charge on any atom is 0.275 e. The van der Waals surface area contributed by atoms with E-state index in [1.807, 2.05) is 0 Å². The van der Waals surface area contributed by atoms with Gasteiger partial charge in [-0.05, 0) is 0 Å². The molecule has 10 heteroatoms. The number of fused-ring (bicyclic) bond motifs is 1. The third-order valence-corrected chi connectivity index (χ3v) is 2.99. The number of halogens is 2. The summed E-state index contributed by atoms with van der Waals surface area (Å²) in [7, 11) is 0. The molecule has 0 spiro atoms. The number of nitrogens with two attached hydrogens (primary N) is 1. The lowest BCUT2D eigenvalue weighted by molar-refractivity contribution is -0.385. The minimum Gasteiger partial charge on any atom is -0.368 e. The maximum absolute atomic E-state index is 13.8. The van der Waals surface area contributed by atoms with Crippen molar-refractivity contribution < 1.29 is 13.7 Å². The lowest BCUT2D eigenvalue weighted by Crippen LogP contribution is -2.01. The smallest absolute Gasteiger partial charge is 0.275 e. The van der Waals surface area contributed by atoms with Crippen molar-refractivity contribution in [3.05, 3.63) is 51.5 Å². The molecule has 0 aliphatic carbocycles. The van der Waals surface area contributed by atoms with Crippen LogP contribution in [0.4, 0.5) is 20.4 Å². The number of aromatic nitrogens is 4. The van der Waals surface area contributed by atoms with Gasteiger partial charge in [-0.2, -0.15) is 4.98 Å². The van der Waals surface area contributed by atoms with Crippen molar-refractivity contribution in [3.8, 4) is 0 Å². The molecule has 0 aliphatic heterocycles. The van der Waals surface area contributed by atoms with E-state index >= 15 is 0 Å². The molecule has 3 N–H and O–H groups in total. The normalized spacial score (nSPS) is 11.0. The van der Waals surface area contributed by atoms with E-state index in [2.05, 4.69) is 19.9 Å². The Balaban J connectivity index is 1.99. The molecule has 0 radical (unpaired) electrons. The maximum atomic E-state index is 13.8. The molecule has 2 aromatic heterocycles. The number of nitro groups is 1. The van der Waals surface area contributed by atoms with E-state index in [1.165, 1.54) is 6.20 Å². The molecule has 1 aromatic carbocycles. The van der Waals surface area contributed by atoms with Crippen molar-refractivity contribution in [1.29, 1.82) is 0 Å². The number of nitrogens with zero attached hydrogens (tertiary/aromatic N) is 4. The number of nitro benzene ring substituents is 1. The van der Waals surface area contributed by atoms with Crippen molar-refractivity contribution in [1.82, 2.24) is 19.9 Å². The van der Waals surface area contributed by atoms with Gasteiger partial charge in [0.25, 0.3) is 5.69 Å². The van der Waals surface area contributed by atoms with Crippen LogP contribution in [0.15, 0.2) is 18.3 Å². The van der Waals surface area contributed by atoms with Crippen molar-refractivity contribution >= 4 is 22.8 Å². The number of hydrogen-bond acceptors (Lipinski definition) is 6. The van der Waals surface area contributed by atoms with E-state index in [0.717, 1.165) is 0 Å². The van der Waals surface area contributed by atoms with Crippen LogP contribution >= 0.6 is 0 Å². The minimum absolute atomic E-state index is 0.0262. The van der Waals surface area contributed by atoms with E-state index in [9.17, 15) is 18.9 Å². The molecule has 0 unspecified atom stereocenters. The van der Waals surface area contributed by atoms with Gasteiger partial charge in [0.05, 0.1) is 23.3 Å². The van der Waals surface area contributed by atoms with Gasteiger partial charge in [0.2, 0.25) is 5.95 Å². The fraction of sp³-hybridized carbons (Fsp3) is 0.0833. The Labute approximate surface area is 121 Å². The van der Waals surface area contributed by atoms with Gasteiger partial charge in [-0.1, -0.05) is 0 Å². The Kier molecular flexibility index (Phi) is 3.13. The minimum atomic E-state index is -1.02. The summed E-state index contributed by atoms with van der Waals surface area (Å²) in [6, 6.07) is 1.33. The first-order valence-corrected chi connectivity index (χ1v) is 6.03. The van der Waals surface area contributed by atoms with Gasteiger partial charge in [0, 0.05) is 12.0 Å². The van der Waals surface area contributed by atoms with Crippen LogP contribution in [0.1, 0.15) is 11.4 Å². The summed E-state index contributed by atoms with van der Waals surface area (Å²) in [6.07, 6.45) is 1.18. The Hall–Kier alpha value is -3.17. The van der Waals surface area contributed by atoms with E-state index in [-0.39, 0.29) is 29.4 Å². The number of benzene rings is 1. The molecule has 0 bridgehead atoms. The average Bonchev–Trinajstić information content (AvgIpc) is 2.84. The highest BCUT2D eigenvalue weighted by molar-refractivity contribution is 5.70. The van der Waals surface area contributed by atoms with E-state index in [1.54, 1.807) is 0 Å². The summed E-state index contributed by atoms with van der Waals surface area (Å²) in [6.45, 7) is 0. The zero-order chi connectivity index (χ0) is 15.9. The number of imidazole rings is 1. The third kappa shape index (κ3) is 2.41. The number of hydrogen-bond donors (Lipinski definition) is 2. The Bertz CT molecular complexity index is 871. The Morgan fingerprint density at radius 2 is 1.95 bits per heavy atom. The van der Waals surface area contributed by atoms with Crippen LogP contribution in [0.3, 0.4) is 0 Å². The summed E-state index contributed by atoms with van der Waals surface area (Å²) in [5, 5.41) is 10.6. The lowest BCUT2D eigenvalue weighted by atomic mass is 10.1. The van der Waals surface area contributed by atoms with Crippen LogP contribution < -0.4 is 5.73 Å². The first kappa shape index (κ1) is 13.8. The van der Waals surface area contributed by atoms with Gasteiger partial charge < -0.3 is 10.7 Å². The SMILES string of the molecule is Nc1ncc2[nH]c(Cc3c(F)cc([N+](=O)[O-])cc3F)nc2n1. The van der Waals surface area contributed by atoms with E-state index in [0.29, 0.717) is 17.6 Å². The molecule has 0 atom stereocenters. The average molecular weight is 306 g/mol. The van der Waals surface area contributed by atoms with Gasteiger partial charge in [0.15, 0.2) is 5.65 Å². The molecular formula is C12H8F2N6O2. The molecule has 0 fully saturated rings. The van der Waals surface area contributed by atoms with Crippen molar-refractivity contribution in [2.24, 2.45) is 0 Å². The van der Waals surface area contributed by atoms with Crippen LogP contribution in [0.5, 0.6) is 0 Å². The molecular weight excluding hydrogens is 298 g/mol. The Morgan fingerprint density at radius 1 is 1.27 bits per heavy atom. The molecule has 3 rings (SSSR count). The number of nitrogens with one attached hydrogen (secondary N) is 1. The van der Waals surface area contributed by atoms with Crippen LogP contribution in [-0.2, 0) is 6.42 Å². The van der Waals surface area contributed by atoms with Gasteiger partial charge in [-0.15, -0.1) is 0 Å². The van der Waals surface area contributed by atoms with Crippen molar-refractivity contribution in [2.75, 3.05) is 5.73 Å². The number of rotatable bonds is 3. The molecule has 22 heavy (non-hydrogen) atoms. The van der Waals surface area contributed by atoms with Gasteiger partial charge in [-0.25, -0.2) is 18.7 Å².